The minimum Gasteiger partial charge on any atom is -0.326 e. The van der Waals surface area contributed by atoms with Gasteiger partial charge < -0.3 is 4.90 Å². The zero-order valence-corrected chi connectivity index (χ0v) is 15.4. The molecule has 136 valence electrons. The van der Waals surface area contributed by atoms with Gasteiger partial charge in [0.1, 0.15) is 5.54 Å². The van der Waals surface area contributed by atoms with Gasteiger partial charge in [-0.3, -0.25) is 14.4 Å². The van der Waals surface area contributed by atoms with Crippen molar-refractivity contribution in [2.24, 2.45) is 0 Å². The van der Waals surface area contributed by atoms with E-state index in [9.17, 15) is 10.1 Å². The Morgan fingerprint density at radius 3 is 2.80 bits per heavy atom. The van der Waals surface area contributed by atoms with E-state index in [0.717, 1.165) is 57.2 Å². The maximum absolute atomic E-state index is 12.9. The fourth-order valence-electron chi connectivity index (χ4n) is 4.27. The molecule has 3 rings (SSSR count). The summed E-state index contributed by atoms with van der Waals surface area (Å²) in [5.41, 5.74) is 0.567. The lowest BCUT2D eigenvalue weighted by atomic mass is 9.81. The maximum atomic E-state index is 12.9. The molecule has 2 fully saturated rings. The second-order valence-electron chi connectivity index (χ2n) is 7.66. The fourth-order valence-corrected chi connectivity index (χ4v) is 4.27. The van der Waals surface area contributed by atoms with Gasteiger partial charge in [-0.05, 0) is 44.7 Å². The van der Waals surface area contributed by atoms with Gasteiger partial charge in [-0.15, -0.1) is 0 Å². The highest BCUT2D eigenvalue weighted by atomic mass is 16.2. The monoisotopic (exact) mass is 343 g/mol. The van der Waals surface area contributed by atoms with E-state index < -0.39 is 5.54 Å². The molecule has 1 aromatic rings. The number of hydrogen-bond donors (Lipinski definition) is 0. The molecule has 1 saturated heterocycles. The van der Waals surface area contributed by atoms with E-state index in [1.165, 1.54) is 6.42 Å². The molecule has 1 aromatic heterocycles. The van der Waals surface area contributed by atoms with Gasteiger partial charge in [0.2, 0.25) is 5.91 Å². The van der Waals surface area contributed by atoms with Crippen molar-refractivity contribution < 1.29 is 4.79 Å². The van der Waals surface area contributed by atoms with Crippen molar-refractivity contribution in [3.63, 3.8) is 0 Å². The molecule has 6 nitrogen and oxygen atoms in total. The topological polar surface area (TPSA) is 65.2 Å². The normalized spacial score (nSPS) is 23.3. The highest BCUT2D eigenvalue weighted by Crippen LogP contribution is 2.32. The smallest absolute Gasteiger partial charge is 0.237 e. The van der Waals surface area contributed by atoms with Gasteiger partial charge in [0.25, 0.3) is 0 Å². The lowest BCUT2D eigenvalue weighted by molar-refractivity contribution is -0.136. The highest BCUT2D eigenvalue weighted by molar-refractivity contribution is 5.79. The van der Waals surface area contributed by atoms with Crippen LogP contribution in [0.2, 0.25) is 0 Å². The molecule has 1 aliphatic heterocycles. The Kier molecular flexibility index (Phi) is 5.43. The molecule has 0 radical (unpaired) electrons. The van der Waals surface area contributed by atoms with Crippen LogP contribution in [0.15, 0.2) is 12.4 Å². The second kappa shape index (κ2) is 7.57. The summed E-state index contributed by atoms with van der Waals surface area (Å²) in [6.45, 7) is 4.23. The van der Waals surface area contributed by atoms with Crippen LogP contribution in [0.3, 0.4) is 0 Å². The van der Waals surface area contributed by atoms with Crippen molar-refractivity contribution in [3.8, 4) is 6.07 Å². The summed E-state index contributed by atoms with van der Waals surface area (Å²) in [6, 6.07) is 2.80. The van der Waals surface area contributed by atoms with Crippen molar-refractivity contribution in [3.05, 3.63) is 18.0 Å². The average molecular weight is 343 g/mol. The molecule has 0 N–H and O–H groups in total. The third-order valence-corrected chi connectivity index (χ3v) is 5.90. The van der Waals surface area contributed by atoms with Gasteiger partial charge in [0.05, 0.1) is 25.4 Å². The number of hydrogen-bond acceptors (Lipinski definition) is 4. The molecular formula is C19H29N5O. The highest BCUT2D eigenvalue weighted by Gasteiger charge is 2.39. The summed E-state index contributed by atoms with van der Waals surface area (Å²) in [7, 11) is 1.82. The summed E-state index contributed by atoms with van der Waals surface area (Å²) < 4.78 is 1.98. The molecule has 2 aliphatic rings. The molecule has 6 heteroatoms. The number of carbonyl (C=O) groups is 1. The molecule has 1 atom stereocenters. The Balaban J connectivity index is 1.62. The first-order valence-corrected chi connectivity index (χ1v) is 9.45. The molecule has 0 aromatic carbocycles. The van der Waals surface area contributed by atoms with Crippen LogP contribution in [0.1, 0.15) is 50.5 Å². The fraction of sp³-hybridized carbons (Fsp3) is 0.737. The number of rotatable bonds is 5. The Hall–Kier alpha value is -1.87. The van der Waals surface area contributed by atoms with Crippen LogP contribution in [0.5, 0.6) is 0 Å². The Bertz CT molecular complexity index is 640. The number of likely N-dealkylation sites (tertiary alicyclic amines) is 1. The molecule has 1 unspecified atom stereocenters. The van der Waals surface area contributed by atoms with Gasteiger partial charge in [-0.25, -0.2) is 0 Å². The average Bonchev–Trinajstić information content (AvgIpc) is 3.24. The van der Waals surface area contributed by atoms with Crippen LogP contribution >= 0.6 is 0 Å². The quantitative estimate of drug-likeness (QED) is 0.823. The van der Waals surface area contributed by atoms with Crippen LogP contribution in [0.4, 0.5) is 0 Å². The van der Waals surface area contributed by atoms with Gasteiger partial charge in [0.15, 0.2) is 0 Å². The molecular weight excluding hydrogens is 314 g/mol. The first-order valence-electron chi connectivity index (χ1n) is 9.45. The van der Waals surface area contributed by atoms with Crippen LogP contribution in [-0.2, 0) is 11.3 Å². The van der Waals surface area contributed by atoms with Crippen molar-refractivity contribution in [1.82, 2.24) is 19.6 Å². The van der Waals surface area contributed by atoms with E-state index in [0.29, 0.717) is 12.6 Å². The predicted octanol–water partition coefficient (Wildman–Crippen LogP) is 2.34. The molecule has 0 spiro atoms. The van der Waals surface area contributed by atoms with Crippen LogP contribution in [0, 0.1) is 18.3 Å². The van der Waals surface area contributed by atoms with Gasteiger partial charge in [-0.2, -0.15) is 10.4 Å². The lowest BCUT2D eigenvalue weighted by Crippen LogP contribution is -2.53. The standard InChI is InChI=1S/C19H29N5O/c1-16-11-21-24(12-16)13-17-7-6-10-23(17)14-18(25)22(2)19(15-20)8-4-3-5-9-19/h11-12,17H,3-10,13-14H2,1-2H3. The summed E-state index contributed by atoms with van der Waals surface area (Å²) in [5, 5.41) is 14.1. The number of nitriles is 1. The number of nitrogens with zero attached hydrogens (tertiary/aromatic N) is 5. The zero-order valence-electron chi connectivity index (χ0n) is 15.4. The lowest BCUT2D eigenvalue weighted by Gasteiger charge is -2.40. The van der Waals surface area contributed by atoms with Crippen LogP contribution in [-0.4, -0.2) is 57.2 Å². The summed E-state index contributed by atoms with van der Waals surface area (Å²) in [5.74, 6) is 0.0759. The maximum Gasteiger partial charge on any atom is 0.237 e. The van der Waals surface area contributed by atoms with Crippen molar-refractivity contribution >= 4 is 5.91 Å². The summed E-state index contributed by atoms with van der Waals surface area (Å²) in [6.07, 6.45) is 11.0. The van der Waals surface area contributed by atoms with Gasteiger partial charge in [-0.1, -0.05) is 19.3 Å². The Labute approximate surface area is 150 Å². The van der Waals surface area contributed by atoms with E-state index in [1.807, 2.05) is 24.9 Å². The minimum absolute atomic E-state index is 0.0759. The van der Waals surface area contributed by atoms with E-state index in [1.54, 1.807) is 4.90 Å². The first kappa shape index (κ1) is 17.9. The van der Waals surface area contributed by atoms with Gasteiger partial charge >= 0.3 is 0 Å². The molecule has 1 saturated carbocycles. The first-order chi connectivity index (χ1) is 12.0. The number of carbonyl (C=O) groups excluding carboxylic acids is 1. The van der Waals surface area contributed by atoms with E-state index in [4.69, 9.17) is 0 Å². The Morgan fingerprint density at radius 2 is 2.16 bits per heavy atom. The third-order valence-electron chi connectivity index (χ3n) is 5.90. The second-order valence-corrected chi connectivity index (χ2v) is 7.66. The van der Waals surface area contributed by atoms with E-state index in [2.05, 4.69) is 22.3 Å². The number of likely N-dealkylation sites (N-methyl/N-ethyl adjacent to an activating group) is 1. The number of aryl methyl sites for hydroxylation is 1. The molecule has 25 heavy (non-hydrogen) atoms. The molecule has 1 amide bonds. The predicted molar refractivity (Wildman–Crippen MR) is 95.8 cm³/mol. The summed E-state index contributed by atoms with van der Waals surface area (Å²) >= 11 is 0. The number of amides is 1. The Morgan fingerprint density at radius 1 is 1.40 bits per heavy atom. The zero-order chi connectivity index (χ0) is 17.9. The van der Waals surface area contributed by atoms with E-state index >= 15 is 0 Å². The van der Waals surface area contributed by atoms with E-state index in [-0.39, 0.29) is 5.91 Å². The van der Waals surface area contributed by atoms with Crippen molar-refractivity contribution in [2.45, 2.75) is 70.0 Å². The molecule has 1 aliphatic carbocycles. The van der Waals surface area contributed by atoms with Gasteiger partial charge in [0, 0.05) is 19.3 Å². The third kappa shape index (κ3) is 3.87. The SMILES string of the molecule is Cc1cnn(CC2CCCN2CC(=O)N(C)C2(C#N)CCCCC2)c1. The van der Waals surface area contributed by atoms with Crippen molar-refractivity contribution in [1.29, 1.82) is 5.26 Å². The van der Waals surface area contributed by atoms with Crippen molar-refractivity contribution in [2.75, 3.05) is 20.1 Å². The minimum atomic E-state index is -0.594. The van der Waals surface area contributed by atoms with Crippen LogP contribution < -0.4 is 0 Å². The largest absolute Gasteiger partial charge is 0.326 e. The molecule has 0 bridgehead atoms. The number of aromatic nitrogens is 2. The summed E-state index contributed by atoms with van der Waals surface area (Å²) in [4.78, 5) is 16.9. The van der Waals surface area contributed by atoms with Crippen LogP contribution in [0.25, 0.3) is 0 Å². The molecule has 2 heterocycles.